The van der Waals surface area contributed by atoms with Crippen LogP contribution in [-0.2, 0) is 17.9 Å². The number of hydrogen-bond acceptors (Lipinski definition) is 7. The van der Waals surface area contributed by atoms with Crippen molar-refractivity contribution in [1.82, 2.24) is 29.6 Å². The Morgan fingerprint density at radius 2 is 2.07 bits per heavy atom. The summed E-state index contributed by atoms with van der Waals surface area (Å²) < 4.78 is 7.61. The van der Waals surface area contributed by atoms with E-state index < -0.39 is 5.60 Å². The van der Waals surface area contributed by atoms with Crippen LogP contribution in [0, 0.1) is 0 Å². The van der Waals surface area contributed by atoms with E-state index in [4.69, 9.17) is 10.5 Å². The van der Waals surface area contributed by atoms with Gasteiger partial charge in [-0.2, -0.15) is 5.10 Å². The molecule has 0 radical (unpaired) electrons. The van der Waals surface area contributed by atoms with Gasteiger partial charge in [0.25, 0.3) is 5.91 Å². The number of nitrogen functional groups attached to an aromatic ring is 1. The summed E-state index contributed by atoms with van der Waals surface area (Å²) in [6.45, 7) is 1.49. The van der Waals surface area contributed by atoms with Crippen LogP contribution in [-0.4, -0.2) is 54.2 Å². The van der Waals surface area contributed by atoms with E-state index in [2.05, 4.69) is 20.2 Å². The highest BCUT2D eigenvalue weighted by molar-refractivity contribution is 6.00. The number of nitrogens with two attached hydrogens (primary N) is 1. The first-order valence-electron chi connectivity index (χ1n) is 9.30. The molecular weight excluding hydrogens is 374 g/mol. The molecule has 2 aromatic heterocycles. The fourth-order valence-corrected chi connectivity index (χ4v) is 3.98. The molecule has 0 aliphatic carbocycles. The number of carbonyl (C=O) groups excluding carboxylic acids is 1. The van der Waals surface area contributed by atoms with Gasteiger partial charge in [-0.15, -0.1) is 0 Å². The number of rotatable bonds is 2. The van der Waals surface area contributed by atoms with E-state index >= 15 is 0 Å². The zero-order chi connectivity index (χ0) is 20.0. The normalized spacial score (nSPS) is 20.8. The van der Waals surface area contributed by atoms with Crippen LogP contribution in [0.15, 0.2) is 41.3 Å². The maximum absolute atomic E-state index is 13.3. The zero-order valence-electron chi connectivity index (χ0n) is 15.5. The number of benzene rings is 1. The lowest BCUT2D eigenvalue weighted by atomic mass is 10.0. The molecule has 1 aromatic carbocycles. The van der Waals surface area contributed by atoms with Gasteiger partial charge in [-0.1, -0.05) is 30.3 Å². The Balaban J connectivity index is 1.43. The molecule has 4 heterocycles. The molecule has 10 nitrogen and oxygen atoms in total. The van der Waals surface area contributed by atoms with Gasteiger partial charge in [0, 0.05) is 18.3 Å². The highest BCUT2D eigenvalue weighted by Gasteiger charge is 2.45. The second-order valence-corrected chi connectivity index (χ2v) is 7.34. The number of likely N-dealkylation sites (tertiary alicyclic amines) is 1. The van der Waals surface area contributed by atoms with Crippen LogP contribution in [0.25, 0.3) is 11.3 Å². The predicted octanol–water partition coefficient (Wildman–Crippen LogP) is 0.426. The molecule has 1 amide bonds. The maximum Gasteiger partial charge on any atom is 0.343 e. The largest absolute Gasteiger partial charge is 0.368 e. The lowest BCUT2D eigenvalue weighted by Gasteiger charge is -2.33. The minimum atomic E-state index is -0.599. The average molecular weight is 393 g/mol. The van der Waals surface area contributed by atoms with Gasteiger partial charge in [0.05, 0.1) is 24.3 Å². The van der Waals surface area contributed by atoms with E-state index in [1.165, 1.54) is 6.20 Å². The van der Waals surface area contributed by atoms with Crippen LogP contribution in [0.2, 0.25) is 0 Å². The molecule has 3 aromatic rings. The first-order valence-corrected chi connectivity index (χ1v) is 9.30. The van der Waals surface area contributed by atoms with Gasteiger partial charge in [-0.25, -0.2) is 19.9 Å². The number of nitrogens with one attached hydrogen (secondary N) is 1. The summed E-state index contributed by atoms with van der Waals surface area (Å²) in [7, 11) is 0. The Morgan fingerprint density at radius 1 is 1.24 bits per heavy atom. The Morgan fingerprint density at radius 3 is 2.90 bits per heavy atom. The zero-order valence-corrected chi connectivity index (χ0v) is 15.5. The smallest absolute Gasteiger partial charge is 0.343 e. The minimum absolute atomic E-state index is 0.112. The molecule has 2 aliphatic rings. The Bertz CT molecular complexity index is 1140. The van der Waals surface area contributed by atoms with Crippen molar-refractivity contribution in [3.05, 3.63) is 58.4 Å². The van der Waals surface area contributed by atoms with E-state index in [1.54, 1.807) is 9.47 Å². The monoisotopic (exact) mass is 393 g/mol. The number of ether oxygens (including phenoxy) is 1. The number of aromatic amines is 1. The fourth-order valence-electron chi connectivity index (χ4n) is 3.98. The van der Waals surface area contributed by atoms with Crippen LogP contribution >= 0.6 is 0 Å². The van der Waals surface area contributed by atoms with Crippen molar-refractivity contribution >= 4 is 11.9 Å². The molecule has 1 saturated heterocycles. The first-order chi connectivity index (χ1) is 14.0. The van der Waals surface area contributed by atoms with Crippen molar-refractivity contribution in [3.8, 4) is 11.3 Å². The summed E-state index contributed by atoms with van der Waals surface area (Å²) in [6.07, 6.45) is 2.10. The van der Waals surface area contributed by atoms with E-state index in [0.29, 0.717) is 43.1 Å². The Hall–Kier alpha value is -3.53. The second-order valence-electron chi connectivity index (χ2n) is 7.34. The topological polar surface area (TPSA) is 132 Å². The number of amides is 1. The molecule has 0 bridgehead atoms. The van der Waals surface area contributed by atoms with Crippen molar-refractivity contribution in [2.75, 3.05) is 18.8 Å². The lowest BCUT2D eigenvalue weighted by molar-refractivity contribution is -0.0816. The molecule has 10 heteroatoms. The number of hydrogen-bond donors (Lipinski definition) is 2. The van der Waals surface area contributed by atoms with Gasteiger partial charge in [0.2, 0.25) is 5.95 Å². The summed E-state index contributed by atoms with van der Waals surface area (Å²) in [5.74, 6) is 0.499. The van der Waals surface area contributed by atoms with Gasteiger partial charge in [-0.05, 0) is 6.42 Å². The minimum Gasteiger partial charge on any atom is -0.368 e. The predicted molar refractivity (Wildman–Crippen MR) is 103 cm³/mol. The maximum atomic E-state index is 13.3. The summed E-state index contributed by atoms with van der Waals surface area (Å²) >= 11 is 0. The number of carbonyl (C=O) groups is 1. The van der Waals surface area contributed by atoms with Crippen LogP contribution in [0.5, 0.6) is 0 Å². The third-order valence-electron chi connectivity index (χ3n) is 5.48. The molecule has 3 N–H and O–H groups in total. The van der Waals surface area contributed by atoms with Crippen molar-refractivity contribution in [2.24, 2.45) is 0 Å². The molecule has 1 spiro atoms. The Kier molecular flexibility index (Phi) is 3.95. The van der Waals surface area contributed by atoms with E-state index in [-0.39, 0.29) is 24.2 Å². The molecule has 1 unspecified atom stereocenters. The van der Waals surface area contributed by atoms with Crippen molar-refractivity contribution in [2.45, 2.75) is 25.2 Å². The van der Waals surface area contributed by atoms with Crippen LogP contribution in [0.1, 0.15) is 22.6 Å². The molecule has 1 fully saturated rings. The molecule has 1 atom stereocenters. The quantitative estimate of drug-likeness (QED) is 0.645. The van der Waals surface area contributed by atoms with E-state index in [9.17, 15) is 9.59 Å². The number of aromatic nitrogens is 5. The summed E-state index contributed by atoms with van der Waals surface area (Å²) in [5.41, 5.74) is 6.60. The lowest BCUT2D eigenvalue weighted by Crippen LogP contribution is -2.47. The van der Waals surface area contributed by atoms with Crippen molar-refractivity contribution in [1.29, 1.82) is 0 Å². The summed E-state index contributed by atoms with van der Waals surface area (Å²) in [5, 5.41) is 6.40. The third-order valence-corrected chi connectivity index (χ3v) is 5.48. The van der Waals surface area contributed by atoms with E-state index in [0.717, 1.165) is 5.56 Å². The van der Waals surface area contributed by atoms with E-state index in [1.807, 2.05) is 30.3 Å². The molecule has 0 saturated carbocycles. The number of anilines is 1. The fraction of sp³-hybridized carbons (Fsp3) is 0.316. The molecule has 148 valence electrons. The summed E-state index contributed by atoms with van der Waals surface area (Å²) in [6, 6.07) is 9.40. The van der Waals surface area contributed by atoms with Gasteiger partial charge >= 0.3 is 5.69 Å². The second kappa shape index (κ2) is 6.52. The Labute approximate surface area is 165 Å². The molecule has 29 heavy (non-hydrogen) atoms. The van der Waals surface area contributed by atoms with Crippen LogP contribution in [0.3, 0.4) is 0 Å². The van der Waals surface area contributed by atoms with Gasteiger partial charge in [0.15, 0.2) is 5.82 Å². The van der Waals surface area contributed by atoms with Crippen LogP contribution < -0.4 is 11.4 Å². The SMILES string of the molecule is Nc1ncc(C(=O)N2CCC3(C2)Cn2c(n[nH]c2=O)CO3)c(-c2ccccc2)n1. The van der Waals surface area contributed by atoms with Crippen molar-refractivity contribution < 1.29 is 9.53 Å². The third kappa shape index (κ3) is 2.97. The molecular formula is C19H19N7O3. The number of H-pyrrole nitrogens is 1. The summed E-state index contributed by atoms with van der Waals surface area (Å²) in [4.78, 5) is 35.3. The standard InChI is InChI=1S/C19H19N7O3/c20-17-21-8-13(15(22-17)12-4-2-1-3-5-12)16(27)25-7-6-19(10-25)11-26-14(9-29-19)23-24-18(26)28/h1-5,8H,6-7,9-11H2,(H,24,28)(H2,20,21,22). The first kappa shape index (κ1) is 17.6. The molecule has 5 rings (SSSR count). The van der Waals surface area contributed by atoms with Crippen molar-refractivity contribution in [3.63, 3.8) is 0 Å². The van der Waals surface area contributed by atoms with Gasteiger partial charge < -0.3 is 15.4 Å². The highest BCUT2D eigenvalue weighted by atomic mass is 16.5. The average Bonchev–Trinajstić information content (AvgIpc) is 3.32. The van der Waals surface area contributed by atoms with Crippen LogP contribution in [0.4, 0.5) is 5.95 Å². The number of nitrogens with zero attached hydrogens (tertiary/aromatic N) is 5. The van der Waals surface area contributed by atoms with Gasteiger partial charge in [0.1, 0.15) is 12.2 Å². The number of fused-ring (bicyclic) bond motifs is 1. The van der Waals surface area contributed by atoms with Gasteiger partial charge in [-0.3, -0.25) is 9.36 Å². The molecule has 2 aliphatic heterocycles. The highest BCUT2D eigenvalue weighted by Crippen LogP contribution is 2.33.